The molecule has 3 aliphatic carbocycles. The average Bonchev–Trinajstić information content (AvgIpc) is 3.78. The molecule has 0 bridgehead atoms. The summed E-state index contributed by atoms with van der Waals surface area (Å²) in [6.07, 6.45) is 10.7. The molecule has 0 unspecified atom stereocenters. The van der Waals surface area contributed by atoms with Crippen LogP contribution < -0.4 is 15.3 Å². The van der Waals surface area contributed by atoms with E-state index < -0.39 is 19.0 Å². The highest BCUT2D eigenvalue weighted by Crippen LogP contribution is 2.34. The first kappa shape index (κ1) is 25.6. The summed E-state index contributed by atoms with van der Waals surface area (Å²) in [5.41, 5.74) is 0.713. The van der Waals surface area contributed by atoms with Crippen molar-refractivity contribution < 1.29 is 24.4 Å². The van der Waals surface area contributed by atoms with Gasteiger partial charge in [-0.2, -0.15) is 0 Å². The summed E-state index contributed by atoms with van der Waals surface area (Å²) in [4.78, 5) is 26.8. The molecule has 1 aromatic rings. The van der Waals surface area contributed by atoms with Crippen LogP contribution in [0.4, 0.5) is 0 Å². The lowest BCUT2D eigenvalue weighted by Gasteiger charge is -2.31. The number of hydrogen-bond acceptors (Lipinski definition) is 6. The molecule has 0 spiro atoms. The Bertz CT molecular complexity index is 916. The van der Waals surface area contributed by atoms with Gasteiger partial charge in [0.15, 0.2) is 0 Å². The molecule has 0 aromatic heterocycles. The molecule has 1 amide bonds. The van der Waals surface area contributed by atoms with E-state index >= 15 is 0 Å². The number of aromatic carboxylic acids is 1. The highest BCUT2D eigenvalue weighted by molar-refractivity contribution is 6.47. The first-order chi connectivity index (χ1) is 17.4. The molecular weight excluding hydrogens is 457 g/mol. The van der Waals surface area contributed by atoms with Crippen LogP contribution in [0.3, 0.4) is 0 Å². The molecule has 3 fully saturated rings. The summed E-state index contributed by atoms with van der Waals surface area (Å²) in [6.45, 7) is 4.78. The van der Waals surface area contributed by atoms with Crippen LogP contribution in [0.25, 0.3) is 0 Å². The zero-order chi connectivity index (χ0) is 25.1. The summed E-state index contributed by atoms with van der Waals surface area (Å²) in [5, 5.41) is 26.4. The number of para-hydroxylation sites is 1. The predicted molar refractivity (Wildman–Crippen MR) is 138 cm³/mol. The second-order valence-electron chi connectivity index (χ2n) is 11.5. The van der Waals surface area contributed by atoms with Crippen LogP contribution in [0.5, 0.6) is 5.75 Å². The number of carboxylic acids is 1. The van der Waals surface area contributed by atoms with E-state index in [9.17, 15) is 19.7 Å². The number of nitrogens with zero attached hydrogens (tertiary/aromatic N) is 1. The van der Waals surface area contributed by atoms with Crippen molar-refractivity contribution in [2.24, 2.45) is 17.8 Å². The maximum atomic E-state index is 12.7. The molecule has 4 aliphatic rings. The lowest BCUT2D eigenvalue weighted by molar-refractivity contribution is -0.122. The lowest BCUT2D eigenvalue weighted by Crippen LogP contribution is -2.53. The van der Waals surface area contributed by atoms with Gasteiger partial charge < -0.3 is 30.3 Å². The Morgan fingerprint density at radius 1 is 1.00 bits per heavy atom. The van der Waals surface area contributed by atoms with E-state index in [2.05, 4.69) is 15.5 Å². The lowest BCUT2D eigenvalue weighted by atomic mass is 9.72. The Hall–Kier alpha value is -2.10. The quantitative estimate of drug-likeness (QED) is 0.329. The van der Waals surface area contributed by atoms with E-state index in [1.54, 1.807) is 12.1 Å². The van der Waals surface area contributed by atoms with Crippen molar-refractivity contribution in [3.8, 4) is 5.75 Å². The van der Waals surface area contributed by atoms with E-state index in [0.717, 1.165) is 50.6 Å². The zero-order valence-corrected chi connectivity index (χ0v) is 21.2. The maximum Gasteiger partial charge on any atom is 0.547 e. The van der Waals surface area contributed by atoms with Gasteiger partial charge in [-0.1, -0.05) is 12.1 Å². The zero-order valence-electron chi connectivity index (χ0n) is 21.2. The number of carbonyl (C=O) groups excluding carboxylic acids is 1. The van der Waals surface area contributed by atoms with Gasteiger partial charge in [-0.05, 0) is 87.2 Å². The van der Waals surface area contributed by atoms with Gasteiger partial charge in [0.2, 0.25) is 5.91 Å². The van der Waals surface area contributed by atoms with Gasteiger partial charge in [-0.15, -0.1) is 0 Å². The Morgan fingerprint density at radius 2 is 1.67 bits per heavy atom. The number of nitrogens with one attached hydrogen (secondary N) is 2. The van der Waals surface area contributed by atoms with Crippen LogP contribution in [-0.2, 0) is 11.2 Å². The number of carboxylic acid groups (broad SMARTS) is 1. The first-order valence-corrected chi connectivity index (χ1v) is 13.9. The molecule has 1 atom stereocenters. The third kappa shape index (κ3) is 7.02. The SMILES string of the molecule is O=C(CC1CCC(NCCN(CC2CC2)CC2CC2)CC1)N[C@H]1Cc2cccc(C(=O)O)c2OB1O. The topological polar surface area (TPSA) is 111 Å². The summed E-state index contributed by atoms with van der Waals surface area (Å²) < 4.78 is 5.49. The smallest absolute Gasteiger partial charge is 0.534 e. The Labute approximate surface area is 214 Å². The highest BCUT2D eigenvalue weighted by Gasteiger charge is 2.38. The van der Waals surface area contributed by atoms with Crippen molar-refractivity contribution >= 4 is 19.0 Å². The minimum atomic E-state index is -1.26. The normalized spacial score (nSPS) is 25.8. The van der Waals surface area contributed by atoms with Gasteiger partial charge in [-0.3, -0.25) is 4.79 Å². The summed E-state index contributed by atoms with van der Waals surface area (Å²) in [7, 11) is -1.26. The Balaban J connectivity index is 1.01. The third-order valence-electron chi connectivity index (χ3n) is 8.30. The van der Waals surface area contributed by atoms with E-state index in [-0.39, 0.29) is 17.2 Å². The van der Waals surface area contributed by atoms with Crippen LogP contribution in [-0.4, -0.2) is 72.2 Å². The summed E-state index contributed by atoms with van der Waals surface area (Å²) in [5.74, 6) is 0.690. The average molecular weight is 497 g/mol. The molecule has 1 heterocycles. The molecule has 1 aliphatic heterocycles. The minimum Gasteiger partial charge on any atom is -0.534 e. The van der Waals surface area contributed by atoms with Gasteiger partial charge >= 0.3 is 13.1 Å². The van der Waals surface area contributed by atoms with E-state index in [1.807, 2.05) is 0 Å². The van der Waals surface area contributed by atoms with Crippen molar-refractivity contribution in [1.29, 1.82) is 0 Å². The molecule has 3 saturated carbocycles. The summed E-state index contributed by atoms with van der Waals surface area (Å²) in [6, 6.07) is 5.43. The molecule has 9 heteroatoms. The fourth-order valence-electron chi connectivity index (χ4n) is 5.83. The van der Waals surface area contributed by atoms with Gasteiger partial charge in [0.05, 0.1) is 11.5 Å². The molecule has 5 rings (SSSR count). The highest BCUT2D eigenvalue weighted by atomic mass is 16.5. The van der Waals surface area contributed by atoms with Crippen molar-refractivity contribution in [3.05, 3.63) is 29.3 Å². The van der Waals surface area contributed by atoms with Crippen LogP contribution in [0.15, 0.2) is 18.2 Å². The van der Waals surface area contributed by atoms with Crippen LogP contribution in [0.2, 0.25) is 0 Å². The van der Waals surface area contributed by atoms with Crippen molar-refractivity contribution in [2.45, 2.75) is 76.2 Å². The van der Waals surface area contributed by atoms with Crippen molar-refractivity contribution in [3.63, 3.8) is 0 Å². The molecule has 0 radical (unpaired) electrons. The predicted octanol–water partition coefficient (Wildman–Crippen LogP) is 2.48. The minimum absolute atomic E-state index is 0.0280. The molecular formula is C27H40BN3O5. The number of carbonyl (C=O) groups is 2. The number of benzene rings is 1. The monoisotopic (exact) mass is 497 g/mol. The fraction of sp³-hybridized carbons (Fsp3) is 0.704. The first-order valence-electron chi connectivity index (χ1n) is 13.9. The maximum absolute atomic E-state index is 12.7. The van der Waals surface area contributed by atoms with Crippen molar-refractivity contribution in [2.75, 3.05) is 26.2 Å². The molecule has 196 valence electrons. The molecule has 0 saturated heterocycles. The van der Waals surface area contributed by atoms with Crippen molar-refractivity contribution in [1.82, 2.24) is 15.5 Å². The second kappa shape index (κ2) is 11.5. The third-order valence-corrected chi connectivity index (χ3v) is 8.30. The van der Waals surface area contributed by atoms with E-state index in [1.165, 1.54) is 44.8 Å². The van der Waals surface area contributed by atoms with Crippen LogP contribution in [0, 0.1) is 17.8 Å². The molecule has 4 N–H and O–H groups in total. The fourth-order valence-corrected chi connectivity index (χ4v) is 5.83. The largest absolute Gasteiger partial charge is 0.547 e. The number of rotatable bonds is 12. The van der Waals surface area contributed by atoms with Gasteiger partial charge in [0.25, 0.3) is 0 Å². The molecule has 8 nitrogen and oxygen atoms in total. The van der Waals surface area contributed by atoms with E-state index in [0.29, 0.717) is 30.4 Å². The Kier molecular flexibility index (Phi) is 8.18. The second-order valence-corrected chi connectivity index (χ2v) is 11.5. The van der Waals surface area contributed by atoms with Crippen LogP contribution in [0.1, 0.15) is 73.7 Å². The van der Waals surface area contributed by atoms with Gasteiger partial charge in [0.1, 0.15) is 5.75 Å². The standard InChI is InChI=1S/C27H40BN3O5/c32-25(30-24-15-21-2-1-3-23(27(33)34)26(21)36-28(24)35)14-18-8-10-22(11-9-18)29-12-13-31(16-19-4-5-19)17-20-6-7-20/h1-3,18-20,22,24,29,35H,4-17H2,(H,30,32)(H,33,34)/t18?,22?,24-/m0/s1. The number of fused-ring (bicyclic) bond motifs is 1. The van der Waals surface area contributed by atoms with Gasteiger partial charge in [-0.25, -0.2) is 4.79 Å². The van der Waals surface area contributed by atoms with E-state index in [4.69, 9.17) is 4.65 Å². The molecule has 36 heavy (non-hydrogen) atoms. The molecule has 1 aromatic carbocycles. The number of amides is 1. The summed E-state index contributed by atoms with van der Waals surface area (Å²) >= 11 is 0. The number of hydrogen-bond donors (Lipinski definition) is 4. The Morgan fingerprint density at radius 3 is 2.31 bits per heavy atom. The van der Waals surface area contributed by atoms with Crippen LogP contribution >= 0.6 is 0 Å². The van der Waals surface area contributed by atoms with Gasteiger partial charge in [0, 0.05) is 38.6 Å².